The summed E-state index contributed by atoms with van der Waals surface area (Å²) in [4.78, 5) is 6.09. The van der Waals surface area contributed by atoms with Gasteiger partial charge < -0.3 is 20.3 Å². The van der Waals surface area contributed by atoms with Crippen LogP contribution in [0.5, 0.6) is 0 Å². The number of aliphatic hydroxyl groups is 1. The van der Waals surface area contributed by atoms with E-state index < -0.39 is 6.04 Å². The van der Waals surface area contributed by atoms with Gasteiger partial charge in [0.2, 0.25) is 5.89 Å². The maximum atomic E-state index is 8.75. The van der Waals surface area contributed by atoms with E-state index in [0.29, 0.717) is 18.1 Å². The first-order chi connectivity index (χ1) is 6.63. The van der Waals surface area contributed by atoms with E-state index >= 15 is 0 Å². The van der Waals surface area contributed by atoms with E-state index in [1.165, 1.54) is 0 Å². The highest BCUT2D eigenvalue weighted by molar-refractivity contribution is 4.91. The summed E-state index contributed by atoms with van der Waals surface area (Å²) in [7, 11) is 3.95. The van der Waals surface area contributed by atoms with Crippen LogP contribution in [0.3, 0.4) is 0 Å². The topological polar surface area (TPSA) is 88.4 Å². The minimum Gasteiger partial charge on any atom is -0.394 e. The second-order valence-electron chi connectivity index (χ2n) is 3.39. The van der Waals surface area contributed by atoms with Gasteiger partial charge in [0.1, 0.15) is 6.04 Å². The number of hydrogen-bond acceptors (Lipinski definition) is 6. The Kier molecular flexibility index (Phi) is 3.99. The van der Waals surface area contributed by atoms with E-state index in [-0.39, 0.29) is 6.61 Å². The highest BCUT2D eigenvalue weighted by Crippen LogP contribution is 2.06. The number of nitrogens with zero attached hydrogens (tertiary/aromatic N) is 3. The van der Waals surface area contributed by atoms with E-state index in [0.717, 1.165) is 6.54 Å². The molecule has 0 aliphatic rings. The second kappa shape index (κ2) is 5.04. The Hall–Kier alpha value is -0.980. The second-order valence-corrected chi connectivity index (χ2v) is 3.39. The molecule has 0 unspecified atom stereocenters. The molecule has 1 atom stereocenters. The Labute approximate surface area is 82.7 Å². The Bertz CT molecular complexity index is 274. The van der Waals surface area contributed by atoms with Crippen molar-refractivity contribution in [3.8, 4) is 0 Å². The summed E-state index contributed by atoms with van der Waals surface area (Å²) < 4.78 is 4.88. The number of rotatable bonds is 5. The zero-order valence-electron chi connectivity index (χ0n) is 8.47. The Morgan fingerprint density at radius 1 is 1.57 bits per heavy atom. The molecule has 1 rings (SSSR count). The van der Waals surface area contributed by atoms with Crippen LogP contribution >= 0.6 is 0 Å². The van der Waals surface area contributed by atoms with Gasteiger partial charge in [0.05, 0.1) is 6.61 Å². The molecule has 1 aromatic rings. The maximum Gasteiger partial charge on any atom is 0.245 e. The standard InChI is InChI=1S/C8H16N4O2/c1-12(2)4-3-7-10-8(14-11-7)6(9)5-13/h6,13H,3-5,9H2,1-2H3/t6-/m1/s1. The van der Waals surface area contributed by atoms with Gasteiger partial charge in [-0.05, 0) is 14.1 Å². The number of aliphatic hydroxyl groups excluding tert-OH is 1. The highest BCUT2D eigenvalue weighted by atomic mass is 16.5. The SMILES string of the molecule is CN(C)CCc1noc([C@H](N)CO)n1. The fourth-order valence-electron chi connectivity index (χ4n) is 0.921. The van der Waals surface area contributed by atoms with E-state index in [2.05, 4.69) is 10.1 Å². The highest BCUT2D eigenvalue weighted by Gasteiger charge is 2.13. The van der Waals surface area contributed by atoms with Crippen molar-refractivity contribution in [1.29, 1.82) is 0 Å². The Balaban J connectivity index is 2.50. The molecule has 0 amide bonds. The van der Waals surface area contributed by atoms with E-state index in [1.54, 1.807) is 0 Å². The van der Waals surface area contributed by atoms with Crippen LogP contribution in [0.4, 0.5) is 0 Å². The lowest BCUT2D eigenvalue weighted by Gasteiger charge is -2.05. The minimum absolute atomic E-state index is 0.185. The molecule has 0 bridgehead atoms. The lowest BCUT2D eigenvalue weighted by Crippen LogP contribution is -2.16. The molecule has 0 aliphatic heterocycles. The number of nitrogens with two attached hydrogens (primary N) is 1. The van der Waals surface area contributed by atoms with Crippen molar-refractivity contribution >= 4 is 0 Å². The van der Waals surface area contributed by atoms with Gasteiger partial charge in [-0.3, -0.25) is 0 Å². The van der Waals surface area contributed by atoms with Crippen molar-refractivity contribution in [3.05, 3.63) is 11.7 Å². The molecule has 0 saturated heterocycles. The average molecular weight is 200 g/mol. The van der Waals surface area contributed by atoms with Crippen LogP contribution in [-0.4, -0.2) is 47.4 Å². The van der Waals surface area contributed by atoms with Crippen LogP contribution in [0.2, 0.25) is 0 Å². The van der Waals surface area contributed by atoms with Crippen molar-refractivity contribution in [3.63, 3.8) is 0 Å². The Morgan fingerprint density at radius 2 is 2.29 bits per heavy atom. The molecule has 14 heavy (non-hydrogen) atoms. The third kappa shape index (κ3) is 3.06. The lowest BCUT2D eigenvalue weighted by molar-refractivity contribution is 0.236. The predicted octanol–water partition coefficient (Wildman–Crippen LogP) is -0.834. The Morgan fingerprint density at radius 3 is 2.86 bits per heavy atom. The summed E-state index contributed by atoms with van der Waals surface area (Å²) in [5.41, 5.74) is 5.51. The zero-order valence-corrected chi connectivity index (χ0v) is 8.47. The summed E-state index contributed by atoms with van der Waals surface area (Å²) in [5.74, 6) is 0.916. The first kappa shape index (κ1) is 11.1. The summed E-state index contributed by atoms with van der Waals surface area (Å²) in [6, 6.07) is -0.574. The number of hydrogen-bond donors (Lipinski definition) is 2. The summed E-state index contributed by atoms with van der Waals surface area (Å²) in [6.07, 6.45) is 0.717. The molecule has 1 heterocycles. The van der Waals surface area contributed by atoms with E-state index in [9.17, 15) is 0 Å². The van der Waals surface area contributed by atoms with Gasteiger partial charge in [0, 0.05) is 13.0 Å². The molecular weight excluding hydrogens is 184 g/mol. The third-order valence-electron chi connectivity index (χ3n) is 1.78. The normalized spacial score (nSPS) is 13.5. The van der Waals surface area contributed by atoms with Crippen molar-refractivity contribution in [2.45, 2.75) is 12.5 Å². The van der Waals surface area contributed by atoms with Crippen molar-refractivity contribution in [2.24, 2.45) is 5.73 Å². The van der Waals surface area contributed by atoms with Gasteiger partial charge in [-0.2, -0.15) is 4.98 Å². The molecule has 0 radical (unpaired) electrons. The van der Waals surface area contributed by atoms with Crippen LogP contribution in [-0.2, 0) is 6.42 Å². The molecule has 80 valence electrons. The molecule has 1 aromatic heterocycles. The summed E-state index contributed by atoms with van der Waals surface area (Å²) >= 11 is 0. The molecule has 0 spiro atoms. The molecule has 0 aromatic carbocycles. The minimum atomic E-state index is -0.574. The van der Waals surface area contributed by atoms with Crippen LogP contribution in [0.25, 0.3) is 0 Å². The van der Waals surface area contributed by atoms with Crippen LogP contribution in [0.1, 0.15) is 17.8 Å². The summed E-state index contributed by atoms with van der Waals surface area (Å²) in [6.45, 7) is 0.669. The van der Waals surface area contributed by atoms with Crippen molar-refractivity contribution < 1.29 is 9.63 Å². The van der Waals surface area contributed by atoms with Gasteiger partial charge in [0.15, 0.2) is 5.82 Å². The van der Waals surface area contributed by atoms with Gasteiger partial charge in [-0.15, -0.1) is 0 Å². The molecule has 6 heteroatoms. The van der Waals surface area contributed by atoms with Crippen LogP contribution < -0.4 is 5.73 Å². The fourth-order valence-corrected chi connectivity index (χ4v) is 0.921. The molecule has 0 fully saturated rings. The van der Waals surface area contributed by atoms with Gasteiger partial charge >= 0.3 is 0 Å². The van der Waals surface area contributed by atoms with Gasteiger partial charge in [0.25, 0.3) is 0 Å². The smallest absolute Gasteiger partial charge is 0.245 e. The zero-order chi connectivity index (χ0) is 10.6. The largest absolute Gasteiger partial charge is 0.394 e. The van der Waals surface area contributed by atoms with Crippen LogP contribution in [0, 0.1) is 0 Å². The van der Waals surface area contributed by atoms with E-state index in [1.807, 2.05) is 19.0 Å². The average Bonchev–Trinajstić information content (AvgIpc) is 2.62. The first-order valence-electron chi connectivity index (χ1n) is 4.47. The maximum absolute atomic E-state index is 8.75. The molecule has 0 aliphatic carbocycles. The van der Waals surface area contributed by atoms with E-state index in [4.69, 9.17) is 15.4 Å². The molecule has 6 nitrogen and oxygen atoms in total. The van der Waals surface area contributed by atoms with Crippen LogP contribution in [0.15, 0.2) is 4.52 Å². The summed E-state index contributed by atoms with van der Waals surface area (Å²) in [5, 5.41) is 12.5. The number of aromatic nitrogens is 2. The predicted molar refractivity (Wildman–Crippen MR) is 50.6 cm³/mol. The lowest BCUT2D eigenvalue weighted by atomic mass is 10.3. The fraction of sp³-hybridized carbons (Fsp3) is 0.750. The molecule has 3 N–H and O–H groups in total. The monoisotopic (exact) mass is 200 g/mol. The van der Waals surface area contributed by atoms with Gasteiger partial charge in [-0.1, -0.05) is 5.16 Å². The molecule has 0 saturated carbocycles. The quantitative estimate of drug-likeness (QED) is 0.644. The van der Waals surface area contributed by atoms with Crippen molar-refractivity contribution in [1.82, 2.24) is 15.0 Å². The van der Waals surface area contributed by atoms with Gasteiger partial charge in [-0.25, -0.2) is 0 Å². The first-order valence-corrected chi connectivity index (χ1v) is 4.47. The van der Waals surface area contributed by atoms with Crippen molar-refractivity contribution in [2.75, 3.05) is 27.2 Å². The molecular formula is C8H16N4O2. The number of likely N-dealkylation sites (N-methyl/N-ethyl adjacent to an activating group) is 1. The third-order valence-corrected chi connectivity index (χ3v) is 1.78.